The van der Waals surface area contributed by atoms with E-state index in [2.05, 4.69) is 75.2 Å². The molecular weight excluding hydrogens is 220 g/mol. The maximum absolute atomic E-state index is 3.55. The van der Waals surface area contributed by atoms with E-state index in [4.69, 9.17) is 0 Å². The molecule has 0 saturated carbocycles. The Balaban J connectivity index is 2.66. The van der Waals surface area contributed by atoms with Gasteiger partial charge in [0.05, 0.1) is 0 Å². The van der Waals surface area contributed by atoms with Crippen molar-refractivity contribution in [3.05, 3.63) is 35.9 Å². The van der Waals surface area contributed by atoms with E-state index in [1.54, 1.807) is 0 Å². The molecule has 0 atom stereocenters. The maximum Gasteiger partial charge on any atom is 0.0252 e. The quantitative estimate of drug-likeness (QED) is 0.796. The molecule has 0 fully saturated rings. The standard InChI is InChI=1S/C16H28N2/c1-6-17-16(4,5)13-18(14(2)3)12-15-10-8-7-9-11-15/h7-11,14,17H,6,12-13H2,1-5H3. The molecule has 0 spiro atoms. The fraction of sp³-hybridized carbons (Fsp3) is 0.625. The van der Waals surface area contributed by atoms with E-state index in [9.17, 15) is 0 Å². The second kappa shape index (κ2) is 6.91. The van der Waals surface area contributed by atoms with Crippen molar-refractivity contribution in [3.63, 3.8) is 0 Å². The Kier molecular flexibility index (Phi) is 5.83. The summed E-state index contributed by atoms with van der Waals surface area (Å²) < 4.78 is 0. The molecule has 2 heteroatoms. The SMILES string of the molecule is CCNC(C)(C)CN(Cc1ccccc1)C(C)C. The van der Waals surface area contributed by atoms with Crippen molar-refractivity contribution in [1.82, 2.24) is 10.2 Å². The molecule has 0 amide bonds. The summed E-state index contributed by atoms with van der Waals surface area (Å²) in [6.45, 7) is 14.4. The van der Waals surface area contributed by atoms with Gasteiger partial charge in [0.15, 0.2) is 0 Å². The van der Waals surface area contributed by atoms with Crippen molar-refractivity contribution in [1.29, 1.82) is 0 Å². The van der Waals surface area contributed by atoms with Crippen LogP contribution in [0.1, 0.15) is 40.2 Å². The largest absolute Gasteiger partial charge is 0.311 e. The molecule has 1 N–H and O–H groups in total. The topological polar surface area (TPSA) is 15.3 Å². The van der Waals surface area contributed by atoms with E-state index in [-0.39, 0.29) is 5.54 Å². The summed E-state index contributed by atoms with van der Waals surface area (Å²) in [7, 11) is 0. The molecule has 0 bridgehead atoms. The molecule has 18 heavy (non-hydrogen) atoms. The van der Waals surface area contributed by atoms with Crippen LogP contribution in [0.4, 0.5) is 0 Å². The number of likely N-dealkylation sites (N-methyl/N-ethyl adjacent to an activating group) is 1. The zero-order valence-electron chi connectivity index (χ0n) is 12.5. The highest BCUT2D eigenvalue weighted by molar-refractivity contribution is 5.14. The summed E-state index contributed by atoms with van der Waals surface area (Å²) in [6.07, 6.45) is 0. The van der Waals surface area contributed by atoms with Crippen molar-refractivity contribution in [2.45, 2.75) is 52.7 Å². The molecule has 2 nitrogen and oxygen atoms in total. The molecule has 0 aliphatic carbocycles. The van der Waals surface area contributed by atoms with Crippen LogP contribution in [0, 0.1) is 0 Å². The zero-order valence-corrected chi connectivity index (χ0v) is 12.5. The van der Waals surface area contributed by atoms with E-state index < -0.39 is 0 Å². The lowest BCUT2D eigenvalue weighted by atomic mass is 10.0. The number of benzene rings is 1. The van der Waals surface area contributed by atoms with Crippen molar-refractivity contribution in [2.75, 3.05) is 13.1 Å². The van der Waals surface area contributed by atoms with Crippen LogP contribution < -0.4 is 5.32 Å². The first-order chi connectivity index (χ1) is 8.44. The third-order valence-corrected chi connectivity index (χ3v) is 3.21. The summed E-state index contributed by atoms with van der Waals surface area (Å²) in [5.74, 6) is 0. The van der Waals surface area contributed by atoms with Gasteiger partial charge in [0.25, 0.3) is 0 Å². The van der Waals surface area contributed by atoms with Crippen LogP contribution in [0.25, 0.3) is 0 Å². The fourth-order valence-corrected chi connectivity index (χ4v) is 2.28. The molecule has 1 rings (SSSR count). The Bertz CT molecular complexity index is 330. The van der Waals surface area contributed by atoms with Gasteiger partial charge in [-0.2, -0.15) is 0 Å². The molecule has 1 aromatic carbocycles. The Hall–Kier alpha value is -0.860. The predicted molar refractivity (Wildman–Crippen MR) is 79.7 cm³/mol. The number of hydrogen-bond acceptors (Lipinski definition) is 2. The monoisotopic (exact) mass is 248 g/mol. The first-order valence-corrected chi connectivity index (χ1v) is 6.97. The average molecular weight is 248 g/mol. The predicted octanol–water partition coefficient (Wildman–Crippen LogP) is 3.29. The average Bonchev–Trinajstić information content (AvgIpc) is 2.29. The van der Waals surface area contributed by atoms with E-state index in [0.29, 0.717) is 6.04 Å². The molecule has 1 aromatic rings. The summed E-state index contributed by atoms with van der Waals surface area (Å²) in [4.78, 5) is 2.53. The third kappa shape index (κ3) is 5.19. The van der Waals surface area contributed by atoms with Gasteiger partial charge in [-0.1, -0.05) is 37.3 Å². The Labute approximate surface area is 112 Å². The van der Waals surface area contributed by atoms with Crippen LogP contribution in [0.5, 0.6) is 0 Å². The Morgan fingerprint density at radius 2 is 1.78 bits per heavy atom. The van der Waals surface area contributed by atoms with Gasteiger partial charge in [-0.15, -0.1) is 0 Å². The van der Waals surface area contributed by atoms with Crippen molar-refractivity contribution >= 4 is 0 Å². The molecule has 0 aromatic heterocycles. The normalized spacial score (nSPS) is 12.4. The molecule has 0 unspecified atom stereocenters. The first kappa shape index (κ1) is 15.2. The van der Waals surface area contributed by atoms with Gasteiger partial charge >= 0.3 is 0 Å². The summed E-state index contributed by atoms with van der Waals surface area (Å²) in [5, 5.41) is 3.55. The number of rotatable bonds is 7. The molecule has 0 radical (unpaired) electrons. The van der Waals surface area contributed by atoms with Crippen LogP contribution in [0.2, 0.25) is 0 Å². The minimum atomic E-state index is 0.161. The van der Waals surface area contributed by atoms with Gasteiger partial charge in [0.1, 0.15) is 0 Å². The lowest BCUT2D eigenvalue weighted by Gasteiger charge is -2.36. The van der Waals surface area contributed by atoms with E-state index in [0.717, 1.165) is 19.6 Å². The molecule has 0 saturated heterocycles. The van der Waals surface area contributed by atoms with Crippen molar-refractivity contribution in [3.8, 4) is 0 Å². The third-order valence-electron chi connectivity index (χ3n) is 3.21. The molecule has 0 aliphatic heterocycles. The van der Waals surface area contributed by atoms with Gasteiger partial charge in [-0.25, -0.2) is 0 Å². The van der Waals surface area contributed by atoms with Gasteiger partial charge in [0, 0.05) is 24.7 Å². The highest BCUT2D eigenvalue weighted by Crippen LogP contribution is 2.13. The number of hydrogen-bond donors (Lipinski definition) is 1. The Morgan fingerprint density at radius 1 is 1.17 bits per heavy atom. The first-order valence-electron chi connectivity index (χ1n) is 6.97. The van der Waals surface area contributed by atoms with Crippen LogP contribution in [-0.2, 0) is 6.54 Å². The van der Waals surface area contributed by atoms with Gasteiger partial charge in [0.2, 0.25) is 0 Å². The molecular formula is C16H28N2. The summed E-state index contributed by atoms with van der Waals surface area (Å²) in [5.41, 5.74) is 1.55. The second-order valence-electron chi connectivity index (χ2n) is 5.90. The summed E-state index contributed by atoms with van der Waals surface area (Å²) >= 11 is 0. The van der Waals surface area contributed by atoms with Crippen LogP contribution in [-0.4, -0.2) is 29.6 Å². The molecule has 102 valence electrons. The van der Waals surface area contributed by atoms with E-state index >= 15 is 0 Å². The minimum Gasteiger partial charge on any atom is -0.311 e. The van der Waals surface area contributed by atoms with Crippen LogP contribution in [0.15, 0.2) is 30.3 Å². The minimum absolute atomic E-state index is 0.161. The number of nitrogens with one attached hydrogen (secondary N) is 1. The highest BCUT2D eigenvalue weighted by Gasteiger charge is 2.22. The Morgan fingerprint density at radius 3 is 2.28 bits per heavy atom. The number of nitrogens with zero attached hydrogens (tertiary/aromatic N) is 1. The summed E-state index contributed by atoms with van der Waals surface area (Å²) in [6, 6.07) is 11.3. The molecule has 0 heterocycles. The van der Waals surface area contributed by atoms with Crippen molar-refractivity contribution < 1.29 is 0 Å². The second-order valence-corrected chi connectivity index (χ2v) is 5.90. The van der Waals surface area contributed by atoms with Gasteiger partial charge < -0.3 is 5.32 Å². The smallest absolute Gasteiger partial charge is 0.0252 e. The van der Waals surface area contributed by atoms with Crippen LogP contribution in [0.3, 0.4) is 0 Å². The van der Waals surface area contributed by atoms with Crippen molar-refractivity contribution in [2.24, 2.45) is 0 Å². The van der Waals surface area contributed by atoms with E-state index in [1.165, 1.54) is 5.56 Å². The van der Waals surface area contributed by atoms with Crippen LogP contribution >= 0.6 is 0 Å². The maximum atomic E-state index is 3.55. The lowest BCUT2D eigenvalue weighted by Crippen LogP contribution is -2.50. The van der Waals surface area contributed by atoms with E-state index in [1.807, 2.05) is 0 Å². The van der Waals surface area contributed by atoms with Gasteiger partial charge in [-0.05, 0) is 39.8 Å². The molecule has 0 aliphatic rings. The van der Waals surface area contributed by atoms with Gasteiger partial charge in [-0.3, -0.25) is 4.90 Å². The zero-order chi connectivity index (χ0) is 13.6. The lowest BCUT2D eigenvalue weighted by molar-refractivity contribution is 0.158. The highest BCUT2D eigenvalue weighted by atomic mass is 15.2. The fourth-order valence-electron chi connectivity index (χ4n) is 2.28.